The van der Waals surface area contributed by atoms with Crippen LogP contribution in [0.25, 0.3) is 0 Å². The summed E-state index contributed by atoms with van der Waals surface area (Å²) < 4.78 is 0.740. The van der Waals surface area contributed by atoms with Crippen molar-refractivity contribution in [3.05, 3.63) is 39.3 Å². The Labute approximate surface area is 141 Å². The van der Waals surface area contributed by atoms with Gasteiger partial charge in [0.05, 0.1) is 11.3 Å². The molecule has 0 bridgehead atoms. The Bertz CT molecular complexity index is 683. The van der Waals surface area contributed by atoms with E-state index in [2.05, 4.69) is 31.1 Å². The second-order valence-electron chi connectivity index (χ2n) is 5.24. The standard InChI is InChI=1S/C15H16BrN3O2S/c16-10-3-4-13(20)12(7-10)14(21)18-15-17-11(9-22-15)8-19-5-1-2-6-19/h3-4,7,9,20H,1-2,5-6,8H2,(H,17,18,21). The number of thiazole rings is 1. The fraction of sp³-hybridized carbons (Fsp3) is 0.333. The Morgan fingerprint density at radius 3 is 2.95 bits per heavy atom. The van der Waals surface area contributed by atoms with E-state index in [9.17, 15) is 9.90 Å². The van der Waals surface area contributed by atoms with Gasteiger partial charge in [0.2, 0.25) is 0 Å². The first-order valence-corrected chi connectivity index (χ1v) is 8.76. The van der Waals surface area contributed by atoms with Crippen LogP contribution in [0.2, 0.25) is 0 Å². The number of phenolic OH excluding ortho intramolecular Hbond substituents is 1. The van der Waals surface area contributed by atoms with Crippen molar-refractivity contribution >= 4 is 38.3 Å². The molecular formula is C15H16BrN3O2S. The molecule has 5 nitrogen and oxygen atoms in total. The molecule has 2 N–H and O–H groups in total. The predicted octanol–water partition coefficient (Wildman–Crippen LogP) is 3.46. The lowest BCUT2D eigenvalue weighted by atomic mass is 10.2. The minimum atomic E-state index is -0.360. The molecule has 0 spiro atoms. The third-order valence-corrected chi connectivity index (χ3v) is 4.86. The molecule has 2 heterocycles. The minimum absolute atomic E-state index is 0.0467. The van der Waals surface area contributed by atoms with E-state index >= 15 is 0 Å². The number of aromatic hydroxyl groups is 1. The molecule has 7 heteroatoms. The number of carbonyl (C=O) groups is 1. The van der Waals surface area contributed by atoms with Crippen LogP contribution in [0.3, 0.4) is 0 Å². The summed E-state index contributed by atoms with van der Waals surface area (Å²) in [5, 5.41) is 15.0. The lowest BCUT2D eigenvalue weighted by Crippen LogP contribution is -2.18. The number of carbonyl (C=O) groups excluding carboxylic acids is 1. The third kappa shape index (κ3) is 3.66. The molecule has 0 saturated carbocycles. The number of nitrogens with one attached hydrogen (secondary N) is 1. The van der Waals surface area contributed by atoms with Crippen LogP contribution >= 0.6 is 27.3 Å². The second kappa shape index (κ2) is 6.76. The van der Waals surface area contributed by atoms with Gasteiger partial charge in [0.25, 0.3) is 5.91 Å². The first-order chi connectivity index (χ1) is 10.6. The molecule has 0 atom stereocenters. The Morgan fingerprint density at radius 1 is 1.41 bits per heavy atom. The van der Waals surface area contributed by atoms with E-state index in [-0.39, 0.29) is 17.2 Å². The highest BCUT2D eigenvalue weighted by Crippen LogP contribution is 2.24. The van der Waals surface area contributed by atoms with Gasteiger partial charge < -0.3 is 5.11 Å². The van der Waals surface area contributed by atoms with Crippen LogP contribution in [0.1, 0.15) is 28.9 Å². The monoisotopic (exact) mass is 381 g/mol. The average Bonchev–Trinajstić information content (AvgIpc) is 3.14. The van der Waals surface area contributed by atoms with Gasteiger partial charge >= 0.3 is 0 Å². The van der Waals surface area contributed by atoms with Gasteiger partial charge in [-0.25, -0.2) is 4.98 Å². The topological polar surface area (TPSA) is 65.5 Å². The van der Waals surface area contributed by atoms with Crippen molar-refractivity contribution < 1.29 is 9.90 Å². The number of benzene rings is 1. The molecule has 1 aliphatic rings. The smallest absolute Gasteiger partial charge is 0.261 e. The van der Waals surface area contributed by atoms with E-state index in [1.807, 2.05) is 5.38 Å². The summed E-state index contributed by atoms with van der Waals surface area (Å²) in [6.07, 6.45) is 2.49. The quantitative estimate of drug-likeness (QED) is 0.850. The lowest BCUT2D eigenvalue weighted by Gasteiger charge is -2.11. The van der Waals surface area contributed by atoms with Gasteiger partial charge in [0, 0.05) is 16.4 Å². The van der Waals surface area contributed by atoms with Crippen LogP contribution in [-0.2, 0) is 6.54 Å². The maximum Gasteiger partial charge on any atom is 0.261 e. The van der Waals surface area contributed by atoms with Gasteiger partial charge in [-0.2, -0.15) is 0 Å². The normalized spacial score (nSPS) is 15.1. The maximum absolute atomic E-state index is 12.2. The third-order valence-electron chi connectivity index (χ3n) is 3.56. The molecule has 3 rings (SSSR count). The van der Waals surface area contributed by atoms with Crippen LogP contribution in [0, 0.1) is 0 Å². The predicted molar refractivity (Wildman–Crippen MR) is 90.4 cm³/mol. The molecule has 0 unspecified atom stereocenters. The second-order valence-corrected chi connectivity index (χ2v) is 7.02. The summed E-state index contributed by atoms with van der Waals surface area (Å²) in [6.45, 7) is 3.06. The molecular weight excluding hydrogens is 366 g/mol. The van der Waals surface area contributed by atoms with Crippen molar-refractivity contribution in [3.63, 3.8) is 0 Å². The highest BCUT2D eigenvalue weighted by Gasteiger charge is 2.16. The van der Waals surface area contributed by atoms with E-state index in [1.165, 1.54) is 30.2 Å². The van der Waals surface area contributed by atoms with Crippen LogP contribution in [0.4, 0.5) is 5.13 Å². The molecule has 1 aromatic carbocycles. The van der Waals surface area contributed by atoms with Crippen molar-refractivity contribution in [3.8, 4) is 5.75 Å². The van der Waals surface area contributed by atoms with Crippen molar-refractivity contribution in [1.82, 2.24) is 9.88 Å². The number of hydrogen-bond donors (Lipinski definition) is 2. The molecule has 22 heavy (non-hydrogen) atoms. The summed E-state index contributed by atoms with van der Waals surface area (Å²) in [5.74, 6) is -0.407. The molecule has 116 valence electrons. The van der Waals surface area contributed by atoms with Gasteiger partial charge in [-0.15, -0.1) is 11.3 Å². The molecule has 1 amide bonds. The maximum atomic E-state index is 12.2. The zero-order valence-corrected chi connectivity index (χ0v) is 14.3. The van der Waals surface area contributed by atoms with Crippen molar-refractivity contribution in [2.75, 3.05) is 18.4 Å². The lowest BCUT2D eigenvalue weighted by molar-refractivity contribution is 0.102. The number of likely N-dealkylation sites (tertiary alicyclic amines) is 1. The van der Waals surface area contributed by atoms with E-state index < -0.39 is 0 Å². The number of nitrogens with zero attached hydrogens (tertiary/aromatic N) is 2. The SMILES string of the molecule is O=C(Nc1nc(CN2CCCC2)cs1)c1cc(Br)ccc1O. The van der Waals surface area contributed by atoms with Crippen molar-refractivity contribution in [2.45, 2.75) is 19.4 Å². The molecule has 0 radical (unpaired) electrons. The number of halogens is 1. The summed E-state index contributed by atoms with van der Waals surface area (Å²) >= 11 is 4.70. The number of hydrogen-bond acceptors (Lipinski definition) is 5. The van der Waals surface area contributed by atoms with Crippen LogP contribution < -0.4 is 5.32 Å². The van der Waals surface area contributed by atoms with Crippen LogP contribution in [-0.4, -0.2) is 34.0 Å². The van der Waals surface area contributed by atoms with Crippen LogP contribution in [0.15, 0.2) is 28.1 Å². The van der Waals surface area contributed by atoms with Gasteiger partial charge in [-0.3, -0.25) is 15.0 Å². The number of anilines is 1. The minimum Gasteiger partial charge on any atom is -0.507 e. The van der Waals surface area contributed by atoms with Gasteiger partial charge in [-0.05, 0) is 44.1 Å². The molecule has 0 aliphatic carbocycles. The summed E-state index contributed by atoms with van der Waals surface area (Å²) in [6, 6.07) is 4.76. The molecule has 1 saturated heterocycles. The summed E-state index contributed by atoms with van der Waals surface area (Å²) in [4.78, 5) is 19.0. The molecule has 1 fully saturated rings. The number of phenols is 1. The zero-order chi connectivity index (χ0) is 15.5. The fourth-order valence-corrected chi connectivity index (χ4v) is 3.52. The molecule has 2 aromatic rings. The summed E-state index contributed by atoms with van der Waals surface area (Å²) in [5.41, 5.74) is 1.20. The fourth-order valence-electron chi connectivity index (χ4n) is 2.46. The molecule has 1 aromatic heterocycles. The zero-order valence-electron chi connectivity index (χ0n) is 11.9. The Hall–Kier alpha value is -1.44. The molecule has 1 aliphatic heterocycles. The number of aromatic nitrogens is 1. The highest BCUT2D eigenvalue weighted by molar-refractivity contribution is 9.10. The van der Waals surface area contributed by atoms with Crippen LogP contribution in [0.5, 0.6) is 5.75 Å². The number of rotatable bonds is 4. The highest BCUT2D eigenvalue weighted by atomic mass is 79.9. The largest absolute Gasteiger partial charge is 0.507 e. The van der Waals surface area contributed by atoms with E-state index in [0.717, 1.165) is 29.8 Å². The number of amides is 1. The van der Waals surface area contributed by atoms with Gasteiger partial charge in [0.15, 0.2) is 5.13 Å². The average molecular weight is 382 g/mol. The van der Waals surface area contributed by atoms with Crippen molar-refractivity contribution in [2.24, 2.45) is 0 Å². The van der Waals surface area contributed by atoms with E-state index in [0.29, 0.717) is 5.13 Å². The Kier molecular flexibility index (Phi) is 4.75. The first-order valence-electron chi connectivity index (χ1n) is 7.08. The van der Waals surface area contributed by atoms with Crippen molar-refractivity contribution in [1.29, 1.82) is 0 Å². The van der Waals surface area contributed by atoms with Gasteiger partial charge in [-0.1, -0.05) is 15.9 Å². The van der Waals surface area contributed by atoms with E-state index in [1.54, 1.807) is 12.1 Å². The Balaban J connectivity index is 1.66. The first kappa shape index (κ1) is 15.5. The van der Waals surface area contributed by atoms with Gasteiger partial charge in [0.1, 0.15) is 5.75 Å². The van der Waals surface area contributed by atoms with E-state index in [4.69, 9.17) is 0 Å². The summed E-state index contributed by atoms with van der Waals surface area (Å²) in [7, 11) is 0. The Morgan fingerprint density at radius 2 is 2.18 bits per heavy atom.